The third kappa shape index (κ3) is 2.41. The molecule has 0 aliphatic carbocycles. The van der Waals surface area contributed by atoms with Crippen molar-refractivity contribution in [3.05, 3.63) is 0 Å². The smallest absolute Gasteiger partial charge is 0.242 e. The van der Waals surface area contributed by atoms with Crippen molar-refractivity contribution in [1.82, 2.24) is 10.6 Å². The fraction of sp³-hybridized carbons (Fsp3) is 0.778. The van der Waals surface area contributed by atoms with Gasteiger partial charge >= 0.3 is 0 Å². The molecular formula is C9H15N3OS. The van der Waals surface area contributed by atoms with Crippen LogP contribution in [0.1, 0.15) is 19.3 Å². The Morgan fingerprint density at radius 2 is 2.43 bits per heavy atom. The summed E-state index contributed by atoms with van der Waals surface area (Å²) in [4.78, 5) is 15.8. The second kappa shape index (κ2) is 4.68. The van der Waals surface area contributed by atoms with Gasteiger partial charge in [-0.1, -0.05) is 11.8 Å². The molecule has 0 radical (unpaired) electrons. The maximum absolute atomic E-state index is 11.4. The molecule has 2 N–H and O–H groups in total. The van der Waals surface area contributed by atoms with Gasteiger partial charge in [-0.15, -0.1) is 0 Å². The number of rotatable bonds is 1. The highest BCUT2D eigenvalue weighted by Gasteiger charge is 2.23. The monoisotopic (exact) mass is 213 g/mol. The van der Waals surface area contributed by atoms with E-state index in [1.165, 1.54) is 0 Å². The first-order chi connectivity index (χ1) is 6.86. The van der Waals surface area contributed by atoms with Crippen LogP contribution in [0.25, 0.3) is 0 Å². The van der Waals surface area contributed by atoms with E-state index in [-0.39, 0.29) is 11.9 Å². The Hall–Kier alpha value is -0.710. The Balaban J connectivity index is 1.88. The van der Waals surface area contributed by atoms with Crippen LogP contribution in [0.4, 0.5) is 0 Å². The molecule has 0 aromatic carbocycles. The van der Waals surface area contributed by atoms with Crippen LogP contribution in [-0.2, 0) is 4.79 Å². The van der Waals surface area contributed by atoms with E-state index in [9.17, 15) is 4.79 Å². The summed E-state index contributed by atoms with van der Waals surface area (Å²) in [6.07, 6.45) is 3.12. The van der Waals surface area contributed by atoms with Crippen molar-refractivity contribution in [3.8, 4) is 0 Å². The zero-order valence-electron chi connectivity index (χ0n) is 8.08. The molecule has 0 aromatic rings. The van der Waals surface area contributed by atoms with Gasteiger partial charge in [-0.05, 0) is 19.3 Å². The molecule has 0 spiro atoms. The highest BCUT2D eigenvalue weighted by atomic mass is 32.2. The summed E-state index contributed by atoms with van der Waals surface area (Å²) in [5, 5.41) is 7.01. The number of hydrogen-bond acceptors (Lipinski definition) is 4. The van der Waals surface area contributed by atoms with Crippen LogP contribution in [0.5, 0.6) is 0 Å². The molecule has 1 fully saturated rings. The molecule has 4 nitrogen and oxygen atoms in total. The Bertz CT molecular complexity index is 254. The normalized spacial score (nSPS) is 27.9. The molecule has 1 unspecified atom stereocenters. The molecule has 2 aliphatic heterocycles. The van der Waals surface area contributed by atoms with E-state index in [0.29, 0.717) is 0 Å². The summed E-state index contributed by atoms with van der Waals surface area (Å²) < 4.78 is 0. The van der Waals surface area contributed by atoms with Gasteiger partial charge in [-0.2, -0.15) is 0 Å². The minimum atomic E-state index is -0.0619. The predicted molar refractivity (Wildman–Crippen MR) is 58.5 cm³/mol. The van der Waals surface area contributed by atoms with Crippen LogP contribution in [0, 0.1) is 0 Å². The topological polar surface area (TPSA) is 53.5 Å². The molecule has 0 bridgehead atoms. The number of carbonyl (C=O) groups is 1. The van der Waals surface area contributed by atoms with E-state index in [1.54, 1.807) is 11.8 Å². The van der Waals surface area contributed by atoms with Gasteiger partial charge in [0.1, 0.15) is 6.04 Å². The van der Waals surface area contributed by atoms with Gasteiger partial charge in [-0.25, -0.2) is 0 Å². The summed E-state index contributed by atoms with van der Waals surface area (Å²) in [6.45, 7) is 1.71. The molecule has 2 heterocycles. The Morgan fingerprint density at radius 3 is 3.14 bits per heavy atom. The van der Waals surface area contributed by atoms with Crippen molar-refractivity contribution in [2.75, 3.05) is 18.8 Å². The number of thioether (sulfide) groups is 1. The van der Waals surface area contributed by atoms with Gasteiger partial charge in [-0.3, -0.25) is 9.79 Å². The van der Waals surface area contributed by atoms with Crippen molar-refractivity contribution in [3.63, 3.8) is 0 Å². The second-order valence-corrected chi connectivity index (χ2v) is 4.60. The van der Waals surface area contributed by atoms with Crippen molar-refractivity contribution >= 4 is 22.8 Å². The number of hydrogen-bond donors (Lipinski definition) is 2. The van der Waals surface area contributed by atoms with Gasteiger partial charge in [0.15, 0.2) is 5.17 Å². The van der Waals surface area contributed by atoms with E-state index in [1.807, 2.05) is 0 Å². The van der Waals surface area contributed by atoms with Gasteiger partial charge < -0.3 is 10.6 Å². The molecule has 2 aliphatic rings. The number of nitrogens with one attached hydrogen (secondary N) is 2. The van der Waals surface area contributed by atoms with E-state index < -0.39 is 0 Å². The lowest BCUT2D eigenvalue weighted by molar-refractivity contribution is -0.124. The number of carbonyl (C=O) groups excluding carboxylic acids is 1. The number of nitrogens with zero attached hydrogens (tertiary/aromatic N) is 1. The summed E-state index contributed by atoms with van der Waals surface area (Å²) in [5.74, 6) is 1.23. The lowest BCUT2D eigenvalue weighted by Gasteiger charge is -2.25. The van der Waals surface area contributed by atoms with Crippen LogP contribution in [0.3, 0.4) is 0 Å². The summed E-state index contributed by atoms with van der Waals surface area (Å²) in [5.41, 5.74) is 0. The van der Waals surface area contributed by atoms with Crippen LogP contribution >= 0.6 is 11.8 Å². The van der Waals surface area contributed by atoms with Crippen LogP contribution < -0.4 is 10.6 Å². The quantitative estimate of drug-likeness (QED) is 0.661. The van der Waals surface area contributed by atoms with E-state index in [0.717, 1.165) is 43.3 Å². The number of amides is 1. The van der Waals surface area contributed by atoms with Crippen LogP contribution in [0.15, 0.2) is 4.99 Å². The predicted octanol–water partition coefficient (Wildman–Crippen LogP) is 0.347. The van der Waals surface area contributed by atoms with Gasteiger partial charge in [0.25, 0.3) is 0 Å². The molecule has 2 rings (SSSR count). The highest BCUT2D eigenvalue weighted by Crippen LogP contribution is 2.12. The Morgan fingerprint density at radius 1 is 1.50 bits per heavy atom. The lowest BCUT2D eigenvalue weighted by Crippen LogP contribution is -2.49. The van der Waals surface area contributed by atoms with E-state index in [2.05, 4.69) is 15.6 Å². The third-order valence-electron chi connectivity index (χ3n) is 2.38. The van der Waals surface area contributed by atoms with Crippen molar-refractivity contribution < 1.29 is 4.79 Å². The second-order valence-electron chi connectivity index (χ2n) is 3.52. The lowest BCUT2D eigenvalue weighted by atomic mass is 10.1. The number of amidine groups is 1. The minimum Gasteiger partial charge on any atom is -0.354 e. The first kappa shape index (κ1) is 9.83. The SMILES string of the molecule is O=C1NCCCC1NC1=NCCCS1. The minimum absolute atomic E-state index is 0.0619. The zero-order valence-corrected chi connectivity index (χ0v) is 8.90. The van der Waals surface area contributed by atoms with E-state index in [4.69, 9.17) is 0 Å². The van der Waals surface area contributed by atoms with E-state index >= 15 is 0 Å². The van der Waals surface area contributed by atoms with Crippen molar-refractivity contribution in [1.29, 1.82) is 0 Å². The van der Waals surface area contributed by atoms with Gasteiger partial charge in [0.2, 0.25) is 5.91 Å². The van der Waals surface area contributed by atoms with Gasteiger partial charge in [0.05, 0.1) is 0 Å². The molecule has 0 aromatic heterocycles. The fourth-order valence-corrected chi connectivity index (χ4v) is 2.48. The molecule has 1 amide bonds. The maximum atomic E-state index is 11.4. The Labute approximate surface area is 87.9 Å². The average molecular weight is 213 g/mol. The standard InChI is InChI=1S/C9H15N3OS/c13-8-7(3-1-4-10-8)12-9-11-5-2-6-14-9/h7H,1-6H2,(H,10,13)(H,11,12). The maximum Gasteiger partial charge on any atom is 0.242 e. The van der Waals surface area contributed by atoms with Crippen LogP contribution in [0.2, 0.25) is 0 Å². The largest absolute Gasteiger partial charge is 0.354 e. The summed E-state index contributed by atoms with van der Waals surface area (Å²) >= 11 is 1.72. The first-order valence-corrected chi connectivity index (χ1v) is 6.06. The fourth-order valence-electron chi connectivity index (χ4n) is 1.61. The van der Waals surface area contributed by atoms with Crippen molar-refractivity contribution in [2.24, 2.45) is 4.99 Å². The molecule has 78 valence electrons. The van der Waals surface area contributed by atoms with Gasteiger partial charge in [0, 0.05) is 18.8 Å². The zero-order chi connectivity index (χ0) is 9.80. The summed E-state index contributed by atoms with van der Waals surface area (Å²) in [7, 11) is 0. The van der Waals surface area contributed by atoms with Crippen molar-refractivity contribution in [2.45, 2.75) is 25.3 Å². The molecule has 14 heavy (non-hydrogen) atoms. The molecule has 1 atom stereocenters. The molecule has 0 saturated carbocycles. The summed E-state index contributed by atoms with van der Waals surface area (Å²) in [6, 6.07) is -0.0619. The number of piperidine rings is 1. The molecular weight excluding hydrogens is 198 g/mol. The highest BCUT2D eigenvalue weighted by molar-refractivity contribution is 8.13. The average Bonchev–Trinajstić information content (AvgIpc) is 2.23. The Kier molecular flexibility index (Phi) is 3.29. The molecule has 1 saturated heterocycles. The van der Waals surface area contributed by atoms with Crippen LogP contribution in [-0.4, -0.2) is 36.0 Å². The first-order valence-electron chi connectivity index (χ1n) is 5.08. The third-order valence-corrected chi connectivity index (χ3v) is 3.39. The molecule has 5 heteroatoms. The number of aliphatic imine (C=N–C) groups is 1.